The van der Waals surface area contributed by atoms with Crippen LogP contribution in [0.15, 0.2) is 30.9 Å². The summed E-state index contributed by atoms with van der Waals surface area (Å²) in [5.74, 6) is 1.31. The van der Waals surface area contributed by atoms with Crippen LogP contribution in [-0.4, -0.2) is 98.2 Å². The van der Waals surface area contributed by atoms with E-state index in [-0.39, 0.29) is 24.5 Å². The topological polar surface area (TPSA) is 93.1 Å². The highest BCUT2D eigenvalue weighted by Gasteiger charge is 2.50. The normalized spacial score (nSPS) is 35.3. The lowest BCUT2D eigenvalue weighted by Crippen LogP contribution is -2.72. The summed E-state index contributed by atoms with van der Waals surface area (Å²) in [7, 11) is 3.94. The van der Waals surface area contributed by atoms with Crippen LogP contribution in [0.2, 0.25) is 0 Å². The second kappa shape index (κ2) is 12.6. The van der Waals surface area contributed by atoms with Crippen LogP contribution in [0.25, 0.3) is 0 Å². The molecule has 1 saturated carbocycles. The Balaban J connectivity index is 1.20. The molecule has 9 nitrogen and oxygen atoms in total. The fraction of sp³-hybridized carbons (Fsp3) is 0.697. The molecule has 7 unspecified atom stereocenters. The highest BCUT2D eigenvalue weighted by molar-refractivity contribution is 5.87. The van der Waals surface area contributed by atoms with Crippen LogP contribution in [0.5, 0.6) is 5.75 Å². The second-order valence-corrected chi connectivity index (χ2v) is 13.3. The number of likely N-dealkylation sites (N-methyl/N-ethyl adjacent to an activating group) is 1. The van der Waals surface area contributed by atoms with Crippen molar-refractivity contribution in [3.8, 4) is 11.8 Å². The molecule has 0 bridgehead atoms. The van der Waals surface area contributed by atoms with E-state index >= 15 is 0 Å². The number of nitrogens with zero attached hydrogens (tertiary/aromatic N) is 4. The van der Waals surface area contributed by atoms with Crippen LogP contribution >= 0.6 is 0 Å². The molecule has 5 aliphatic rings. The highest BCUT2D eigenvalue weighted by atomic mass is 16.5. The molecule has 7 atom stereocenters. The monoisotopic (exact) mass is 576 g/mol. The molecule has 9 heteroatoms. The molecule has 3 saturated heterocycles. The third-order valence-corrected chi connectivity index (χ3v) is 11.0. The van der Waals surface area contributed by atoms with E-state index in [1.165, 1.54) is 42.9 Å². The number of carbonyl (C=O) groups excluding carboxylic acids is 1. The van der Waals surface area contributed by atoms with Crippen molar-refractivity contribution in [3.05, 3.63) is 42.0 Å². The Morgan fingerprint density at radius 3 is 2.83 bits per heavy atom. The molecule has 2 N–H and O–H groups in total. The number of nitriles is 1. The maximum atomic E-state index is 12.6. The van der Waals surface area contributed by atoms with E-state index in [2.05, 4.69) is 58.3 Å². The van der Waals surface area contributed by atoms with Gasteiger partial charge in [0.15, 0.2) is 6.35 Å². The number of methoxy groups -OCH3 is 1. The van der Waals surface area contributed by atoms with Gasteiger partial charge in [0.05, 0.1) is 38.4 Å². The Morgan fingerprint density at radius 1 is 1.19 bits per heavy atom. The van der Waals surface area contributed by atoms with Crippen molar-refractivity contribution in [2.45, 2.75) is 88.4 Å². The van der Waals surface area contributed by atoms with E-state index in [0.29, 0.717) is 49.5 Å². The summed E-state index contributed by atoms with van der Waals surface area (Å²) >= 11 is 0. The molecule has 228 valence electrons. The molecule has 1 aromatic carbocycles. The van der Waals surface area contributed by atoms with Gasteiger partial charge in [0.1, 0.15) is 5.75 Å². The maximum Gasteiger partial charge on any atom is 0.246 e. The minimum atomic E-state index is -0.220. The molecule has 1 aromatic rings. The van der Waals surface area contributed by atoms with Gasteiger partial charge in [-0.05, 0) is 99.7 Å². The maximum absolute atomic E-state index is 12.6. The molecule has 0 aromatic heterocycles. The summed E-state index contributed by atoms with van der Waals surface area (Å²) in [5.41, 5.74) is 3.22. The first-order chi connectivity index (χ1) is 20.4. The van der Waals surface area contributed by atoms with Crippen LogP contribution in [0.1, 0.15) is 56.1 Å². The van der Waals surface area contributed by atoms with Crippen molar-refractivity contribution >= 4 is 5.91 Å². The predicted molar refractivity (Wildman–Crippen MR) is 162 cm³/mol. The molecule has 3 aliphatic heterocycles. The van der Waals surface area contributed by atoms with E-state index in [4.69, 9.17) is 9.47 Å². The molecule has 6 rings (SSSR count). The number of piperazine rings is 1. The average Bonchev–Trinajstić information content (AvgIpc) is 3.43. The first-order valence-electron chi connectivity index (χ1n) is 16.0. The summed E-state index contributed by atoms with van der Waals surface area (Å²) in [5, 5.41) is 17.3. The summed E-state index contributed by atoms with van der Waals surface area (Å²) in [6, 6.07) is 9.62. The molecule has 42 heavy (non-hydrogen) atoms. The molecular formula is C33H48N6O3. The largest absolute Gasteiger partial charge is 0.497 e. The second-order valence-electron chi connectivity index (χ2n) is 13.3. The van der Waals surface area contributed by atoms with Crippen LogP contribution in [0.4, 0.5) is 0 Å². The number of fused-ring (bicyclic) bond motifs is 2. The quantitative estimate of drug-likeness (QED) is 0.479. The Morgan fingerprint density at radius 2 is 2.07 bits per heavy atom. The van der Waals surface area contributed by atoms with Crippen molar-refractivity contribution in [2.75, 3.05) is 46.9 Å². The lowest BCUT2D eigenvalue weighted by molar-refractivity contribution is -0.137. The fourth-order valence-corrected chi connectivity index (χ4v) is 8.58. The first kappa shape index (κ1) is 29.6. The van der Waals surface area contributed by atoms with Gasteiger partial charge in [-0.15, -0.1) is 0 Å². The minimum Gasteiger partial charge on any atom is -0.497 e. The third kappa shape index (κ3) is 5.97. The van der Waals surface area contributed by atoms with Crippen molar-refractivity contribution in [1.82, 2.24) is 25.3 Å². The zero-order chi connectivity index (χ0) is 29.3. The summed E-state index contributed by atoms with van der Waals surface area (Å²) in [4.78, 5) is 19.3. The number of nitrogens with one attached hydrogen (secondary N) is 2. The van der Waals surface area contributed by atoms with Gasteiger partial charge in [-0.1, -0.05) is 12.6 Å². The first-order valence-corrected chi connectivity index (χ1v) is 16.0. The van der Waals surface area contributed by atoms with Crippen LogP contribution in [0.3, 0.4) is 0 Å². The van der Waals surface area contributed by atoms with Gasteiger partial charge in [0, 0.05) is 37.6 Å². The predicted octanol–water partition coefficient (Wildman–Crippen LogP) is 2.86. The number of hydrogen-bond donors (Lipinski definition) is 2. The number of aryl methyl sites for hydroxylation is 1. The summed E-state index contributed by atoms with van der Waals surface area (Å²) in [6.45, 7) is 7.62. The Labute approximate surface area is 251 Å². The van der Waals surface area contributed by atoms with E-state index in [0.717, 1.165) is 44.5 Å². The molecule has 3 heterocycles. The minimum absolute atomic E-state index is 0.0808. The van der Waals surface area contributed by atoms with Gasteiger partial charge in [-0.3, -0.25) is 20.3 Å². The van der Waals surface area contributed by atoms with Crippen molar-refractivity contribution in [1.29, 1.82) is 5.26 Å². The van der Waals surface area contributed by atoms with Crippen molar-refractivity contribution in [3.63, 3.8) is 0 Å². The third-order valence-electron chi connectivity index (χ3n) is 11.0. The van der Waals surface area contributed by atoms with Gasteiger partial charge in [0.25, 0.3) is 0 Å². The van der Waals surface area contributed by atoms with Gasteiger partial charge < -0.3 is 19.3 Å². The van der Waals surface area contributed by atoms with Crippen LogP contribution in [0, 0.1) is 22.7 Å². The number of rotatable bonds is 7. The van der Waals surface area contributed by atoms with Crippen molar-refractivity contribution < 1.29 is 14.3 Å². The number of benzene rings is 1. The van der Waals surface area contributed by atoms with Gasteiger partial charge >= 0.3 is 0 Å². The van der Waals surface area contributed by atoms with Gasteiger partial charge in [-0.25, -0.2) is 0 Å². The Kier molecular flexibility index (Phi) is 8.90. The SMILES string of the molecule is C=CC(=O)N1CCN(C2NC(OCC3CCCN3C)NC3CC4(CCc5cc(OC)ccc5C4)CCC32)CC1CC#N. The number of carbonyl (C=O) groups is 1. The van der Waals surface area contributed by atoms with Gasteiger partial charge in [-0.2, -0.15) is 5.26 Å². The molecule has 2 aliphatic carbocycles. The molecule has 4 fully saturated rings. The molecule has 1 amide bonds. The molecular weight excluding hydrogens is 528 g/mol. The summed E-state index contributed by atoms with van der Waals surface area (Å²) < 4.78 is 12.1. The number of likely N-dealkylation sites (tertiary alicyclic amines) is 1. The van der Waals surface area contributed by atoms with Gasteiger partial charge in [0.2, 0.25) is 5.91 Å². The number of hydrogen-bond acceptors (Lipinski definition) is 8. The lowest BCUT2D eigenvalue weighted by Gasteiger charge is -2.56. The van der Waals surface area contributed by atoms with Crippen molar-refractivity contribution in [2.24, 2.45) is 11.3 Å². The lowest BCUT2D eigenvalue weighted by atomic mass is 9.59. The van der Waals surface area contributed by atoms with Crippen LogP contribution in [-0.2, 0) is 22.4 Å². The zero-order valence-electron chi connectivity index (χ0n) is 25.4. The van der Waals surface area contributed by atoms with E-state index in [9.17, 15) is 10.1 Å². The highest BCUT2D eigenvalue weighted by Crippen LogP contribution is 2.50. The summed E-state index contributed by atoms with van der Waals surface area (Å²) in [6.07, 6.45) is 11.0. The van der Waals surface area contributed by atoms with E-state index < -0.39 is 0 Å². The Bertz CT molecular complexity index is 1190. The zero-order valence-corrected chi connectivity index (χ0v) is 25.4. The Hall–Kier alpha value is -2.48. The number of amides is 1. The standard InChI is InChI=1S/C33H48N6O3/c1-4-30(40)39-17-16-38(21-25(39)11-14-34)31-28-10-13-33(12-9-23-18-27(41-3)8-7-24(23)19-33)20-29(28)35-32(36-31)42-22-26-6-5-15-37(26)2/h4,7-8,18,25-26,28-29,31-32,35-36H,1,5-6,9-13,15-17,19-22H2,2-3H3. The average molecular weight is 577 g/mol. The fourth-order valence-electron chi connectivity index (χ4n) is 8.58. The van der Waals surface area contributed by atoms with E-state index in [1.54, 1.807) is 7.11 Å². The van der Waals surface area contributed by atoms with Crippen LogP contribution < -0.4 is 15.4 Å². The molecule has 0 radical (unpaired) electrons. The number of ether oxygens (including phenoxy) is 2. The van der Waals surface area contributed by atoms with E-state index in [1.807, 2.05) is 4.90 Å². The smallest absolute Gasteiger partial charge is 0.246 e. The molecule has 1 spiro atoms.